The van der Waals surface area contributed by atoms with Gasteiger partial charge in [-0.05, 0) is 82.5 Å². The molecule has 0 radical (unpaired) electrons. The zero-order valence-corrected chi connectivity index (χ0v) is 30.6. The molecule has 10 nitrogen and oxygen atoms in total. The molecule has 1 saturated heterocycles. The van der Waals surface area contributed by atoms with E-state index in [2.05, 4.69) is 46.6 Å². The molecule has 3 atom stereocenters. The Kier molecular flexibility index (Phi) is 13.1. The van der Waals surface area contributed by atoms with E-state index in [4.69, 9.17) is 24.1 Å². The van der Waals surface area contributed by atoms with Gasteiger partial charge in [0, 0.05) is 51.0 Å². The molecule has 3 N–H and O–H groups in total. The summed E-state index contributed by atoms with van der Waals surface area (Å²) in [5, 5.41) is 21.4. The smallest absolute Gasteiger partial charge is 0.303 e. The Balaban J connectivity index is 1.15. The molecule has 2 heterocycles. The number of unbranched alkanes of at least 4 members (excludes halogenated alkanes) is 2. The van der Waals surface area contributed by atoms with Gasteiger partial charge in [-0.1, -0.05) is 67.1 Å². The summed E-state index contributed by atoms with van der Waals surface area (Å²) in [4.78, 5) is 25.6. The maximum absolute atomic E-state index is 12.4. The molecule has 280 valence electrons. The van der Waals surface area contributed by atoms with Crippen LogP contribution in [-0.2, 0) is 45.2 Å². The normalized spacial score (nSPS) is 18.6. The number of carbonyl (C=O) groups excluding carboxylic acids is 1. The van der Waals surface area contributed by atoms with Crippen molar-refractivity contribution < 1.29 is 38.7 Å². The van der Waals surface area contributed by atoms with Crippen LogP contribution >= 0.6 is 0 Å². The maximum Gasteiger partial charge on any atom is 0.303 e. The molecule has 0 aliphatic carbocycles. The average Bonchev–Trinajstić information content (AvgIpc) is 3.19. The molecule has 0 unspecified atom stereocenters. The minimum Gasteiger partial charge on any atom is -0.493 e. The maximum atomic E-state index is 12.4. The van der Waals surface area contributed by atoms with Gasteiger partial charge in [0.2, 0.25) is 5.91 Å². The Labute approximate surface area is 311 Å². The van der Waals surface area contributed by atoms with Crippen LogP contribution in [-0.4, -0.2) is 60.4 Å². The van der Waals surface area contributed by atoms with E-state index in [0.717, 1.165) is 77.4 Å². The fourth-order valence-corrected chi connectivity index (χ4v) is 7.17. The summed E-state index contributed by atoms with van der Waals surface area (Å²) in [7, 11) is 3.33. The first-order chi connectivity index (χ1) is 25.8. The predicted octanol–water partition coefficient (Wildman–Crippen LogP) is 7.12. The standard InChI is InChI=1S/C43H50N2O8/c1-50-39-22-34-18-19-45(26-36(34)23-40(39)51-2)27-37-24-38(31-16-14-29(28-46)15-17-31)53-43(52-37)35-11-7-10-33(21-35)32-9-6-8-30(20-32)25-44-41(47)12-4-3-5-13-42(48)49/h6-11,14-17,20-23,37-38,43,46H,3-5,12-13,18-19,24-28H2,1-2H3,(H,44,47)(H,48,49)/t37-,38+,43+/m0/s1. The first-order valence-electron chi connectivity index (χ1n) is 18.5. The Morgan fingerprint density at radius 2 is 1.53 bits per heavy atom. The van der Waals surface area contributed by atoms with E-state index in [0.29, 0.717) is 32.2 Å². The molecular formula is C43H50N2O8. The largest absolute Gasteiger partial charge is 0.493 e. The average molecular weight is 723 g/mol. The van der Waals surface area contributed by atoms with E-state index < -0.39 is 12.3 Å². The molecule has 1 fully saturated rings. The summed E-state index contributed by atoms with van der Waals surface area (Å²) in [6, 6.07) is 28.5. The van der Waals surface area contributed by atoms with Crippen LogP contribution in [0.15, 0.2) is 84.9 Å². The van der Waals surface area contributed by atoms with Gasteiger partial charge in [0.25, 0.3) is 0 Å². The zero-order valence-electron chi connectivity index (χ0n) is 30.6. The van der Waals surface area contributed by atoms with E-state index in [9.17, 15) is 14.7 Å². The number of nitrogens with one attached hydrogen (secondary N) is 1. The van der Waals surface area contributed by atoms with Crippen molar-refractivity contribution in [3.8, 4) is 22.6 Å². The lowest BCUT2D eigenvalue weighted by Crippen LogP contribution is -2.41. The molecule has 0 saturated carbocycles. The lowest BCUT2D eigenvalue weighted by Gasteiger charge is -2.39. The third-order valence-electron chi connectivity index (χ3n) is 10.1. The molecule has 53 heavy (non-hydrogen) atoms. The fourth-order valence-electron chi connectivity index (χ4n) is 7.17. The molecule has 0 aromatic heterocycles. The highest BCUT2D eigenvalue weighted by atomic mass is 16.7. The highest BCUT2D eigenvalue weighted by molar-refractivity contribution is 5.76. The number of nitrogens with zero attached hydrogens (tertiary/aromatic N) is 1. The van der Waals surface area contributed by atoms with E-state index in [1.807, 2.05) is 48.5 Å². The number of rotatable bonds is 16. The Bertz CT molecular complexity index is 1840. The van der Waals surface area contributed by atoms with E-state index in [1.165, 1.54) is 11.1 Å². The van der Waals surface area contributed by atoms with Crippen LogP contribution in [0.5, 0.6) is 11.5 Å². The van der Waals surface area contributed by atoms with Crippen molar-refractivity contribution >= 4 is 11.9 Å². The monoisotopic (exact) mass is 722 g/mol. The van der Waals surface area contributed by atoms with Gasteiger partial charge in [-0.3, -0.25) is 14.5 Å². The van der Waals surface area contributed by atoms with Crippen LogP contribution in [0, 0.1) is 0 Å². The third-order valence-corrected chi connectivity index (χ3v) is 10.1. The SMILES string of the molecule is COc1cc2c(cc1OC)CN(C[C@@H]1C[C@H](c3ccc(CO)cc3)O[C@H](c3cccc(-c4cccc(CNC(=O)CCCCCC(=O)O)c4)c3)O1)CC2. The van der Waals surface area contributed by atoms with Crippen molar-refractivity contribution in [2.45, 2.75) is 83.1 Å². The van der Waals surface area contributed by atoms with Gasteiger partial charge in [0.05, 0.1) is 33.0 Å². The number of hydrogen-bond donors (Lipinski definition) is 3. The molecule has 0 bridgehead atoms. The topological polar surface area (TPSA) is 127 Å². The Hall–Kier alpha value is -4.74. The fraction of sp³-hybridized carbons (Fsp3) is 0.395. The summed E-state index contributed by atoms with van der Waals surface area (Å²) in [5.74, 6) is 0.646. The molecule has 0 spiro atoms. The highest BCUT2D eigenvalue weighted by Crippen LogP contribution is 2.40. The minimum absolute atomic E-state index is 0.0101. The Morgan fingerprint density at radius 1 is 0.811 bits per heavy atom. The first kappa shape index (κ1) is 38.0. The number of methoxy groups -OCH3 is 2. The zero-order chi connectivity index (χ0) is 37.2. The molecule has 2 aliphatic heterocycles. The summed E-state index contributed by atoms with van der Waals surface area (Å²) in [5.41, 5.74) is 8.37. The lowest BCUT2D eigenvalue weighted by molar-refractivity contribution is -0.253. The number of carbonyl (C=O) groups is 2. The molecule has 6 rings (SSSR count). The van der Waals surface area contributed by atoms with E-state index in [-0.39, 0.29) is 31.1 Å². The van der Waals surface area contributed by atoms with Gasteiger partial charge in [0.1, 0.15) is 0 Å². The third kappa shape index (κ3) is 10.2. The number of carboxylic acids is 1. The van der Waals surface area contributed by atoms with E-state index >= 15 is 0 Å². The molecule has 2 aliphatic rings. The van der Waals surface area contributed by atoms with Crippen LogP contribution in [0.25, 0.3) is 11.1 Å². The van der Waals surface area contributed by atoms with Crippen molar-refractivity contribution in [2.24, 2.45) is 0 Å². The van der Waals surface area contributed by atoms with E-state index in [1.54, 1.807) is 14.2 Å². The van der Waals surface area contributed by atoms with Crippen molar-refractivity contribution in [1.82, 2.24) is 10.2 Å². The van der Waals surface area contributed by atoms with Crippen molar-refractivity contribution in [3.05, 3.63) is 118 Å². The number of aliphatic hydroxyl groups is 1. The van der Waals surface area contributed by atoms with Crippen molar-refractivity contribution in [3.63, 3.8) is 0 Å². The molecule has 4 aromatic rings. The number of carboxylic acid groups (broad SMARTS) is 1. The molecule has 4 aromatic carbocycles. The van der Waals surface area contributed by atoms with Gasteiger partial charge < -0.3 is 34.5 Å². The number of ether oxygens (including phenoxy) is 4. The number of amides is 1. The molecule has 10 heteroatoms. The van der Waals surface area contributed by atoms with Crippen molar-refractivity contribution in [2.75, 3.05) is 27.3 Å². The summed E-state index contributed by atoms with van der Waals surface area (Å²) in [6.07, 6.45) is 3.22. The van der Waals surface area contributed by atoms with Crippen LogP contribution in [0.3, 0.4) is 0 Å². The Morgan fingerprint density at radius 3 is 2.26 bits per heavy atom. The second kappa shape index (κ2) is 18.3. The first-order valence-corrected chi connectivity index (χ1v) is 18.5. The lowest BCUT2D eigenvalue weighted by atomic mass is 9.96. The quantitative estimate of drug-likeness (QED) is 0.104. The summed E-state index contributed by atoms with van der Waals surface area (Å²) >= 11 is 0. The van der Waals surface area contributed by atoms with Gasteiger partial charge in [-0.25, -0.2) is 0 Å². The second-order valence-electron chi connectivity index (χ2n) is 13.9. The molecule has 1 amide bonds. The van der Waals surface area contributed by atoms with Crippen LogP contribution in [0.2, 0.25) is 0 Å². The van der Waals surface area contributed by atoms with Gasteiger partial charge in [-0.2, -0.15) is 0 Å². The van der Waals surface area contributed by atoms with Crippen LogP contribution < -0.4 is 14.8 Å². The summed E-state index contributed by atoms with van der Waals surface area (Å²) in [6.45, 7) is 2.84. The second-order valence-corrected chi connectivity index (χ2v) is 13.9. The van der Waals surface area contributed by atoms with Crippen LogP contribution in [0.4, 0.5) is 0 Å². The number of fused-ring (bicyclic) bond motifs is 1. The van der Waals surface area contributed by atoms with Crippen LogP contribution in [0.1, 0.15) is 84.3 Å². The number of benzene rings is 4. The highest BCUT2D eigenvalue weighted by Gasteiger charge is 2.34. The van der Waals surface area contributed by atoms with Gasteiger partial charge in [0.15, 0.2) is 17.8 Å². The van der Waals surface area contributed by atoms with Crippen molar-refractivity contribution in [1.29, 1.82) is 0 Å². The number of aliphatic carboxylic acids is 1. The summed E-state index contributed by atoms with van der Waals surface area (Å²) < 4.78 is 24.6. The van der Waals surface area contributed by atoms with Gasteiger partial charge in [-0.15, -0.1) is 0 Å². The van der Waals surface area contributed by atoms with Gasteiger partial charge >= 0.3 is 5.97 Å². The molecular weight excluding hydrogens is 672 g/mol. The number of hydrogen-bond acceptors (Lipinski definition) is 8. The number of aliphatic hydroxyl groups excluding tert-OH is 1. The predicted molar refractivity (Wildman–Crippen MR) is 201 cm³/mol. The minimum atomic E-state index is -0.805.